The predicted molar refractivity (Wildman–Crippen MR) is 80.6 cm³/mol. The van der Waals surface area contributed by atoms with Crippen molar-refractivity contribution >= 4 is 40.1 Å². The van der Waals surface area contributed by atoms with E-state index in [1.165, 1.54) is 24.3 Å². The lowest BCUT2D eigenvalue weighted by Crippen LogP contribution is -2.16. The fourth-order valence-electron chi connectivity index (χ4n) is 1.41. The third kappa shape index (κ3) is 4.06. The minimum atomic E-state index is -0.600. The smallest absolute Gasteiger partial charge is 0.299 e. The van der Waals surface area contributed by atoms with Gasteiger partial charge in [-0.1, -0.05) is 24.4 Å². The lowest BCUT2D eigenvalue weighted by Gasteiger charge is -2.06. The van der Waals surface area contributed by atoms with Crippen LogP contribution in [0.4, 0.5) is 11.4 Å². The first kappa shape index (κ1) is 15.5. The van der Waals surface area contributed by atoms with Crippen molar-refractivity contribution < 1.29 is 14.5 Å². The van der Waals surface area contributed by atoms with Crippen molar-refractivity contribution in [3.8, 4) is 0 Å². The highest BCUT2D eigenvalue weighted by Crippen LogP contribution is 2.18. The number of hydrogen-bond donors (Lipinski definition) is 1. The van der Waals surface area contributed by atoms with Gasteiger partial charge in [0, 0.05) is 17.8 Å². The first-order valence-corrected chi connectivity index (χ1v) is 6.85. The van der Waals surface area contributed by atoms with Crippen LogP contribution in [0.1, 0.15) is 0 Å². The number of hydrogen-bond acceptors (Lipinski definition) is 7. The van der Waals surface area contributed by atoms with Crippen molar-refractivity contribution in [3.63, 3.8) is 0 Å². The highest BCUT2D eigenvalue weighted by molar-refractivity contribution is 8.14. The lowest BCUT2D eigenvalue weighted by atomic mass is 10.3. The Morgan fingerprint density at radius 3 is 2.86 bits per heavy atom. The number of rotatable bonds is 4. The van der Waals surface area contributed by atoms with Gasteiger partial charge in [0.1, 0.15) is 5.70 Å². The summed E-state index contributed by atoms with van der Waals surface area (Å²) in [5.74, 6) is -1.09. The molecular formula is C12H9N5O4S. The van der Waals surface area contributed by atoms with Gasteiger partial charge in [-0.05, 0) is 6.07 Å². The van der Waals surface area contributed by atoms with E-state index in [-0.39, 0.29) is 22.3 Å². The van der Waals surface area contributed by atoms with Crippen LogP contribution in [0.2, 0.25) is 0 Å². The first-order chi connectivity index (χ1) is 10.5. The molecule has 0 saturated heterocycles. The second-order valence-electron chi connectivity index (χ2n) is 3.99. The number of nitro groups is 1. The molecule has 1 N–H and O–H groups in total. The Balaban J connectivity index is 1.91. The average Bonchev–Trinajstić information content (AvgIpc) is 2.49. The molecule has 0 unspecified atom stereocenters. The van der Waals surface area contributed by atoms with Gasteiger partial charge in [0.25, 0.3) is 11.6 Å². The number of aliphatic imine (C=N–C) groups is 1. The van der Waals surface area contributed by atoms with Crippen molar-refractivity contribution in [1.29, 1.82) is 0 Å². The van der Waals surface area contributed by atoms with Crippen molar-refractivity contribution in [3.05, 3.63) is 46.7 Å². The highest BCUT2D eigenvalue weighted by atomic mass is 32.2. The summed E-state index contributed by atoms with van der Waals surface area (Å²) < 4.78 is 0. The van der Waals surface area contributed by atoms with Crippen LogP contribution in [0, 0.1) is 10.1 Å². The van der Waals surface area contributed by atoms with Gasteiger partial charge in [-0.3, -0.25) is 19.7 Å². The molecule has 1 heterocycles. The van der Waals surface area contributed by atoms with Crippen LogP contribution in [0.25, 0.3) is 0 Å². The maximum atomic E-state index is 11.8. The Morgan fingerprint density at radius 1 is 1.41 bits per heavy atom. The maximum Gasteiger partial charge on any atom is 0.299 e. The molecule has 1 aliphatic heterocycles. The molecule has 0 radical (unpaired) electrons. The molecule has 0 fully saturated rings. The SMILES string of the molecule is C=C1N=NC(SCC(=O)Nc2cccc([N+](=O)[O-])c2)=NC1=O. The van der Waals surface area contributed by atoms with E-state index in [0.717, 1.165) is 11.8 Å². The molecule has 2 amide bonds. The first-order valence-electron chi connectivity index (χ1n) is 5.86. The second-order valence-corrected chi connectivity index (χ2v) is 4.93. The third-order valence-corrected chi connectivity index (χ3v) is 3.21. The Kier molecular flexibility index (Phi) is 4.73. The maximum absolute atomic E-state index is 11.8. The molecule has 10 heteroatoms. The molecule has 9 nitrogen and oxygen atoms in total. The number of amides is 2. The van der Waals surface area contributed by atoms with E-state index >= 15 is 0 Å². The monoisotopic (exact) mass is 319 g/mol. The summed E-state index contributed by atoms with van der Waals surface area (Å²) in [4.78, 5) is 36.6. The molecule has 112 valence electrons. The number of carbonyl (C=O) groups is 2. The normalized spacial score (nSPS) is 13.7. The third-order valence-electron chi connectivity index (χ3n) is 2.37. The highest BCUT2D eigenvalue weighted by Gasteiger charge is 2.15. The average molecular weight is 319 g/mol. The zero-order valence-corrected chi connectivity index (χ0v) is 11.9. The molecule has 0 aromatic heterocycles. The van der Waals surface area contributed by atoms with Crippen LogP contribution in [0.5, 0.6) is 0 Å². The minimum absolute atomic E-state index is 0.0617. The van der Waals surface area contributed by atoms with E-state index in [9.17, 15) is 19.7 Å². The van der Waals surface area contributed by atoms with Crippen molar-refractivity contribution in [2.24, 2.45) is 15.2 Å². The second kappa shape index (κ2) is 6.72. The standard InChI is InChI=1S/C12H9N5O4S/c1-7-11(19)14-12(16-15-7)22-6-10(18)13-8-3-2-4-9(5-8)17(20)21/h2-5H,1,6H2,(H,13,18). The molecule has 1 aromatic carbocycles. The number of benzene rings is 1. The van der Waals surface area contributed by atoms with Crippen molar-refractivity contribution in [2.45, 2.75) is 0 Å². The van der Waals surface area contributed by atoms with E-state index in [1.54, 1.807) is 0 Å². The van der Waals surface area contributed by atoms with Gasteiger partial charge in [-0.25, -0.2) is 0 Å². The van der Waals surface area contributed by atoms with Gasteiger partial charge < -0.3 is 5.32 Å². The van der Waals surface area contributed by atoms with Gasteiger partial charge in [-0.2, -0.15) is 4.99 Å². The number of azo groups is 1. The van der Waals surface area contributed by atoms with Gasteiger partial charge in [-0.15, -0.1) is 10.2 Å². The Morgan fingerprint density at radius 2 is 2.18 bits per heavy atom. The van der Waals surface area contributed by atoms with Crippen LogP contribution in [-0.4, -0.2) is 27.7 Å². The van der Waals surface area contributed by atoms with Crippen LogP contribution in [0.3, 0.4) is 0 Å². The van der Waals surface area contributed by atoms with Crippen LogP contribution in [-0.2, 0) is 9.59 Å². The summed E-state index contributed by atoms with van der Waals surface area (Å²) in [6.07, 6.45) is 0. The fourth-order valence-corrected chi connectivity index (χ4v) is 1.98. The molecule has 1 aromatic rings. The van der Waals surface area contributed by atoms with Crippen molar-refractivity contribution in [2.75, 3.05) is 11.1 Å². The van der Waals surface area contributed by atoms with E-state index in [2.05, 4.69) is 27.1 Å². The topological polar surface area (TPSA) is 126 Å². The molecular weight excluding hydrogens is 310 g/mol. The predicted octanol–water partition coefficient (Wildman–Crippen LogP) is 2.13. The number of nitrogens with zero attached hydrogens (tertiary/aromatic N) is 4. The van der Waals surface area contributed by atoms with Gasteiger partial charge >= 0.3 is 0 Å². The molecule has 0 spiro atoms. The summed E-state index contributed by atoms with van der Waals surface area (Å²) in [5, 5.41) is 20.3. The molecule has 0 aliphatic carbocycles. The van der Waals surface area contributed by atoms with E-state index in [1.807, 2.05) is 0 Å². The number of amidine groups is 1. The number of non-ortho nitro benzene ring substituents is 1. The van der Waals surface area contributed by atoms with Gasteiger partial charge in [0.2, 0.25) is 11.1 Å². The van der Waals surface area contributed by atoms with E-state index in [4.69, 9.17) is 0 Å². The van der Waals surface area contributed by atoms with E-state index < -0.39 is 16.7 Å². The summed E-state index contributed by atoms with van der Waals surface area (Å²) in [7, 11) is 0. The zero-order valence-electron chi connectivity index (χ0n) is 11.1. The fraction of sp³-hybridized carbons (Fsp3) is 0.0833. The van der Waals surface area contributed by atoms with Crippen molar-refractivity contribution in [1.82, 2.24) is 0 Å². The lowest BCUT2D eigenvalue weighted by molar-refractivity contribution is -0.384. The molecule has 2 rings (SSSR count). The Labute approximate surface area is 128 Å². The molecule has 1 aliphatic rings. The van der Waals surface area contributed by atoms with Crippen LogP contribution < -0.4 is 5.32 Å². The largest absolute Gasteiger partial charge is 0.325 e. The van der Waals surface area contributed by atoms with Crippen LogP contribution >= 0.6 is 11.8 Å². The van der Waals surface area contributed by atoms with E-state index in [0.29, 0.717) is 5.69 Å². The molecule has 0 saturated carbocycles. The summed E-state index contributed by atoms with van der Waals surface area (Å²) in [6, 6.07) is 5.56. The molecule has 22 heavy (non-hydrogen) atoms. The van der Waals surface area contributed by atoms with Gasteiger partial charge in [0.15, 0.2) is 0 Å². The minimum Gasteiger partial charge on any atom is -0.325 e. The number of thioether (sulfide) groups is 1. The molecule has 0 atom stereocenters. The Bertz CT molecular complexity index is 728. The van der Waals surface area contributed by atoms with Crippen LogP contribution in [0.15, 0.2) is 51.8 Å². The summed E-state index contributed by atoms with van der Waals surface area (Å²) in [6.45, 7) is 3.34. The Hall–Kier alpha value is -2.88. The number of anilines is 1. The quantitative estimate of drug-likeness (QED) is 0.516. The number of nitro benzene ring substituents is 1. The number of nitrogens with one attached hydrogen (secondary N) is 1. The molecule has 0 bridgehead atoms. The summed E-state index contributed by atoms with van der Waals surface area (Å²) in [5.41, 5.74) is 0.113. The number of carbonyl (C=O) groups excluding carboxylic acids is 2. The van der Waals surface area contributed by atoms with Gasteiger partial charge in [0.05, 0.1) is 10.7 Å². The zero-order chi connectivity index (χ0) is 16.1. The summed E-state index contributed by atoms with van der Waals surface area (Å²) >= 11 is 0.923.